The molecule has 1 N–H and O–H groups in total. The Balaban J connectivity index is 2.54. The van der Waals surface area contributed by atoms with Gasteiger partial charge >= 0.3 is 6.09 Å². The van der Waals surface area contributed by atoms with Crippen LogP contribution in [0, 0.1) is 0 Å². The van der Waals surface area contributed by atoms with Crippen LogP contribution in [0.5, 0.6) is 0 Å². The quantitative estimate of drug-likeness (QED) is 0.728. The van der Waals surface area contributed by atoms with Crippen LogP contribution in [0.15, 0.2) is 24.5 Å². The van der Waals surface area contributed by atoms with Crippen LogP contribution in [0.1, 0.15) is 8.29 Å². The minimum Gasteiger partial charge on any atom is -0.450 e. The molecule has 12 heavy (non-hydrogen) atoms. The van der Waals surface area contributed by atoms with E-state index in [2.05, 4.69) is 15.0 Å². The first-order chi connectivity index (χ1) is 6.22. The molecular formula is C8H10N2O2. The van der Waals surface area contributed by atoms with Crippen molar-refractivity contribution < 1.29 is 10.9 Å². The Kier molecular flexibility index (Phi) is 2.56. The molecule has 1 aromatic rings. The van der Waals surface area contributed by atoms with Crippen LogP contribution in [0.3, 0.4) is 0 Å². The highest BCUT2D eigenvalue weighted by molar-refractivity contribution is 5.84. The van der Waals surface area contributed by atoms with Gasteiger partial charge in [0.05, 0.1) is 19.9 Å². The fraction of sp³-hybridized carbons (Fsp3) is 0.250. The lowest BCUT2D eigenvalue weighted by Crippen LogP contribution is -2.13. The van der Waals surface area contributed by atoms with Crippen molar-refractivity contribution in [1.82, 2.24) is 4.98 Å². The highest BCUT2D eigenvalue weighted by Gasteiger charge is 1.99. The van der Waals surface area contributed by atoms with Crippen LogP contribution < -0.4 is 5.32 Å². The molecule has 0 aliphatic heterocycles. The van der Waals surface area contributed by atoms with Crippen molar-refractivity contribution >= 4 is 11.8 Å². The zero-order chi connectivity index (χ0) is 9.68. The number of carbonyl (C=O) groups excluding carboxylic acids is 1. The summed E-state index contributed by atoms with van der Waals surface area (Å²) in [6.45, 7) is 2.06. The summed E-state index contributed by atoms with van der Waals surface area (Å²) in [5.74, 6) is 0. The van der Waals surface area contributed by atoms with Gasteiger partial charge in [0.2, 0.25) is 0 Å². The van der Waals surface area contributed by atoms with Crippen molar-refractivity contribution in [2.45, 2.75) is 6.92 Å². The molecule has 1 rings (SSSR count). The first-order valence-electron chi connectivity index (χ1n) is 4.09. The van der Waals surface area contributed by atoms with E-state index in [0.29, 0.717) is 12.3 Å². The minimum absolute atomic E-state index is 0.161. The molecule has 4 heteroatoms. The zero-order valence-corrected chi connectivity index (χ0v) is 6.70. The number of hydrogen-bond donors (Lipinski definition) is 1. The Bertz CT molecular complexity index is 287. The van der Waals surface area contributed by atoms with Gasteiger partial charge in [0.1, 0.15) is 0 Å². The van der Waals surface area contributed by atoms with Crippen molar-refractivity contribution in [3.8, 4) is 0 Å². The first-order valence-corrected chi connectivity index (χ1v) is 3.59. The van der Waals surface area contributed by atoms with E-state index >= 15 is 0 Å². The fourth-order valence-electron chi connectivity index (χ4n) is 0.679. The van der Waals surface area contributed by atoms with Gasteiger partial charge < -0.3 is 4.74 Å². The molecular weight excluding hydrogens is 156 g/mol. The zero-order valence-electron chi connectivity index (χ0n) is 7.70. The van der Waals surface area contributed by atoms with Gasteiger partial charge in [-0.15, -0.1) is 0 Å². The number of nitrogens with zero attached hydrogens (tertiary/aromatic N) is 1. The van der Waals surface area contributed by atoms with Crippen LogP contribution >= 0.6 is 0 Å². The number of anilines is 1. The lowest BCUT2D eigenvalue weighted by atomic mass is 10.4. The SMILES string of the molecule is [2H]c1ccc(NC(=O)OCC)cn1. The molecule has 1 amide bonds. The Morgan fingerprint density at radius 1 is 1.92 bits per heavy atom. The molecule has 0 bridgehead atoms. The molecule has 0 aliphatic carbocycles. The molecule has 0 aromatic carbocycles. The predicted octanol–water partition coefficient (Wildman–Crippen LogP) is 1.65. The molecule has 0 atom stereocenters. The Morgan fingerprint density at radius 2 is 2.75 bits per heavy atom. The van der Waals surface area contributed by atoms with Crippen LogP contribution in [-0.2, 0) is 4.74 Å². The summed E-state index contributed by atoms with van der Waals surface area (Å²) in [6.07, 6.45) is 1.05. The molecule has 4 nitrogen and oxygen atoms in total. The third-order valence-electron chi connectivity index (χ3n) is 1.14. The summed E-state index contributed by atoms with van der Waals surface area (Å²) in [4.78, 5) is 14.6. The molecule has 0 unspecified atom stereocenters. The van der Waals surface area contributed by atoms with Crippen LogP contribution in [0.2, 0.25) is 0 Å². The summed E-state index contributed by atoms with van der Waals surface area (Å²) >= 11 is 0. The number of ether oxygens (including phenoxy) is 1. The normalized spacial score (nSPS) is 10.2. The van der Waals surface area contributed by atoms with Gasteiger partial charge in [-0.05, 0) is 19.1 Å². The van der Waals surface area contributed by atoms with E-state index in [4.69, 9.17) is 1.37 Å². The number of nitrogens with one attached hydrogen (secondary N) is 1. The monoisotopic (exact) mass is 167 g/mol. The molecule has 0 aliphatic rings. The lowest BCUT2D eigenvalue weighted by molar-refractivity contribution is 0.168. The van der Waals surface area contributed by atoms with Crippen molar-refractivity contribution in [3.05, 3.63) is 24.5 Å². The van der Waals surface area contributed by atoms with Crippen LogP contribution in [0.4, 0.5) is 10.5 Å². The van der Waals surface area contributed by atoms with Crippen LogP contribution in [-0.4, -0.2) is 17.7 Å². The second-order valence-electron chi connectivity index (χ2n) is 2.02. The number of carbonyl (C=O) groups is 1. The number of rotatable bonds is 2. The number of amides is 1. The van der Waals surface area contributed by atoms with E-state index in [9.17, 15) is 4.79 Å². The van der Waals surface area contributed by atoms with Gasteiger partial charge in [-0.1, -0.05) is 0 Å². The summed E-state index contributed by atoms with van der Waals surface area (Å²) in [6, 6.07) is 3.08. The van der Waals surface area contributed by atoms with Crippen molar-refractivity contribution in [2.75, 3.05) is 11.9 Å². The van der Waals surface area contributed by atoms with E-state index in [-0.39, 0.29) is 6.17 Å². The highest BCUT2D eigenvalue weighted by atomic mass is 16.5. The Morgan fingerprint density at radius 3 is 3.33 bits per heavy atom. The Labute approximate surface area is 72.0 Å². The fourth-order valence-corrected chi connectivity index (χ4v) is 0.679. The van der Waals surface area contributed by atoms with Gasteiger partial charge in [0.25, 0.3) is 0 Å². The van der Waals surface area contributed by atoms with Gasteiger partial charge in [0, 0.05) is 6.17 Å². The first kappa shape index (κ1) is 7.09. The second-order valence-corrected chi connectivity index (χ2v) is 2.02. The number of aromatic nitrogens is 1. The molecule has 0 fully saturated rings. The van der Waals surface area contributed by atoms with Gasteiger partial charge in [0.15, 0.2) is 0 Å². The van der Waals surface area contributed by atoms with Crippen molar-refractivity contribution in [1.29, 1.82) is 0 Å². The average Bonchev–Trinajstić information content (AvgIpc) is 2.09. The smallest absolute Gasteiger partial charge is 0.411 e. The molecule has 0 saturated carbocycles. The van der Waals surface area contributed by atoms with E-state index in [0.717, 1.165) is 0 Å². The largest absolute Gasteiger partial charge is 0.450 e. The number of hydrogen-bond acceptors (Lipinski definition) is 3. The molecule has 1 aromatic heterocycles. The third-order valence-corrected chi connectivity index (χ3v) is 1.14. The molecule has 1 heterocycles. The average molecular weight is 167 g/mol. The van der Waals surface area contributed by atoms with E-state index < -0.39 is 6.09 Å². The summed E-state index contributed by atoms with van der Waals surface area (Å²) in [7, 11) is 0. The molecule has 64 valence electrons. The topological polar surface area (TPSA) is 51.2 Å². The standard InChI is InChI=1S/C8H10N2O2/c1-2-12-8(11)10-7-4-3-5-9-6-7/h3-6H,2H2,1H3,(H,10,11)/i5D. The minimum atomic E-state index is -0.512. The molecule has 0 spiro atoms. The highest BCUT2D eigenvalue weighted by Crippen LogP contribution is 2.02. The third kappa shape index (κ3) is 2.57. The van der Waals surface area contributed by atoms with E-state index in [1.54, 1.807) is 13.0 Å². The van der Waals surface area contributed by atoms with Gasteiger partial charge in [-0.25, -0.2) is 4.79 Å². The maximum absolute atomic E-state index is 10.9. The van der Waals surface area contributed by atoms with Gasteiger partial charge in [-0.2, -0.15) is 0 Å². The Hall–Kier alpha value is -1.58. The molecule has 0 saturated heterocycles. The van der Waals surface area contributed by atoms with E-state index in [1.165, 1.54) is 12.3 Å². The predicted molar refractivity (Wildman–Crippen MR) is 44.9 cm³/mol. The number of pyridine rings is 1. The lowest BCUT2D eigenvalue weighted by Gasteiger charge is -2.02. The summed E-state index contributed by atoms with van der Waals surface area (Å²) < 4.78 is 11.8. The maximum Gasteiger partial charge on any atom is 0.411 e. The van der Waals surface area contributed by atoms with Crippen molar-refractivity contribution in [2.24, 2.45) is 0 Å². The van der Waals surface area contributed by atoms with Crippen molar-refractivity contribution in [3.63, 3.8) is 0 Å². The van der Waals surface area contributed by atoms with E-state index in [1.807, 2.05) is 0 Å². The van der Waals surface area contributed by atoms with Gasteiger partial charge in [-0.3, -0.25) is 10.3 Å². The maximum atomic E-state index is 10.9. The second kappa shape index (κ2) is 4.33. The molecule has 0 radical (unpaired) electrons. The summed E-state index contributed by atoms with van der Waals surface area (Å²) in [5, 5.41) is 2.46. The van der Waals surface area contributed by atoms with Crippen LogP contribution in [0.25, 0.3) is 0 Å². The summed E-state index contributed by atoms with van der Waals surface area (Å²) in [5.41, 5.74) is 0.523.